The maximum Gasteiger partial charge on any atom is 0.233 e. The van der Waals surface area contributed by atoms with Gasteiger partial charge < -0.3 is 36.5 Å². The molecule has 1 heterocycles. The summed E-state index contributed by atoms with van der Waals surface area (Å²) < 4.78 is 24.8. The first kappa shape index (κ1) is 32.3. The number of nitrogens with two attached hydrogens (primary N) is 1. The van der Waals surface area contributed by atoms with Crippen LogP contribution in [0.2, 0.25) is 0 Å². The summed E-state index contributed by atoms with van der Waals surface area (Å²) in [5.41, 5.74) is 8.65. The zero-order chi connectivity index (χ0) is 30.8. The summed E-state index contributed by atoms with van der Waals surface area (Å²) in [5, 5.41) is 12.4. The van der Waals surface area contributed by atoms with Gasteiger partial charge in [-0.25, -0.2) is 4.39 Å². The van der Waals surface area contributed by atoms with Gasteiger partial charge in [-0.3, -0.25) is 4.79 Å². The largest absolute Gasteiger partial charge is 0.378 e. The van der Waals surface area contributed by atoms with Crippen LogP contribution in [0.5, 0.6) is 0 Å². The van der Waals surface area contributed by atoms with Gasteiger partial charge in [0.15, 0.2) is 0 Å². The molecule has 232 valence electrons. The minimum atomic E-state index is -0.306. The van der Waals surface area contributed by atoms with Crippen molar-refractivity contribution in [2.75, 3.05) is 62.0 Å². The molecule has 0 spiro atoms. The number of ether oxygens (including phenoxy) is 2. The SMILES string of the molecule is NCCOCCOCCNC(=O)Cc1ccc(Nc2nc(NCCc3ccccc3)nc(NCc3ccccc3F)n2)cc1. The summed E-state index contributed by atoms with van der Waals surface area (Å²) >= 11 is 0. The molecule has 0 radical (unpaired) electrons. The van der Waals surface area contributed by atoms with Crippen molar-refractivity contribution in [2.45, 2.75) is 19.4 Å². The molecule has 3 aromatic carbocycles. The molecule has 1 amide bonds. The van der Waals surface area contributed by atoms with Crippen molar-refractivity contribution in [3.05, 3.63) is 101 Å². The number of nitrogens with zero attached hydrogens (tertiary/aromatic N) is 3. The van der Waals surface area contributed by atoms with Crippen molar-refractivity contribution < 1.29 is 18.7 Å². The molecule has 0 saturated heterocycles. The average molecular weight is 603 g/mol. The summed E-state index contributed by atoms with van der Waals surface area (Å²) in [6.07, 6.45) is 1.03. The maximum atomic E-state index is 14.2. The Morgan fingerprint density at radius 3 is 2.16 bits per heavy atom. The van der Waals surface area contributed by atoms with Gasteiger partial charge in [0.05, 0.1) is 32.8 Å². The van der Waals surface area contributed by atoms with Crippen LogP contribution in [0.4, 0.5) is 27.9 Å². The summed E-state index contributed by atoms with van der Waals surface area (Å²) in [5.74, 6) is 0.600. The highest BCUT2D eigenvalue weighted by Gasteiger charge is 2.10. The van der Waals surface area contributed by atoms with E-state index in [0.29, 0.717) is 69.5 Å². The number of hydrogen-bond donors (Lipinski definition) is 5. The highest BCUT2D eigenvalue weighted by Crippen LogP contribution is 2.18. The number of anilines is 4. The summed E-state index contributed by atoms with van der Waals surface area (Å²) in [6, 6.07) is 24.1. The minimum Gasteiger partial charge on any atom is -0.378 e. The van der Waals surface area contributed by atoms with E-state index in [2.05, 4.69) is 48.4 Å². The number of hydrogen-bond acceptors (Lipinski definition) is 10. The topological polar surface area (TPSA) is 148 Å². The van der Waals surface area contributed by atoms with Crippen LogP contribution >= 0.6 is 0 Å². The molecule has 12 heteroatoms. The molecular weight excluding hydrogens is 563 g/mol. The van der Waals surface area contributed by atoms with E-state index in [1.54, 1.807) is 18.2 Å². The van der Waals surface area contributed by atoms with E-state index in [9.17, 15) is 9.18 Å². The quantitative estimate of drug-likeness (QED) is 0.101. The lowest BCUT2D eigenvalue weighted by Gasteiger charge is -2.12. The molecule has 0 fully saturated rings. The third kappa shape index (κ3) is 11.6. The Morgan fingerprint density at radius 2 is 1.41 bits per heavy atom. The normalized spacial score (nSPS) is 10.8. The fourth-order valence-corrected chi connectivity index (χ4v) is 4.12. The first-order valence-corrected chi connectivity index (χ1v) is 14.6. The number of carbonyl (C=O) groups excluding carboxylic acids is 1. The van der Waals surface area contributed by atoms with E-state index in [1.807, 2.05) is 42.5 Å². The molecule has 44 heavy (non-hydrogen) atoms. The monoisotopic (exact) mass is 602 g/mol. The van der Waals surface area contributed by atoms with Crippen LogP contribution < -0.4 is 27.0 Å². The summed E-state index contributed by atoms with van der Waals surface area (Å²) in [4.78, 5) is 25.8. The predicted octanol–water partition coefficient (Wildman–Crippen LogP) is 3.67. The zero-order valence-corrected chi connectivity index (χ0v) is 24.6. The van der Waals surface area contributed by atoms with Gasteiger partial charge in [-0.05, 0) is 35.7 Å². The number of rotatable bonds is 19. The van der Waals surface area contributed by atoms with E-state index < -0.39 is 0 Å². The van der Waals surface area contributed by atoms with Gasteiger partial charge in [-0.15, -0.1) is 0 Å². The molecule has 4 rings (SSSR count). The molecule has 6 N–H and O–H groups in total. The second-order valence-corrected chi connectivity index (χ2v) is 9.78. The molecule has 0 aliphatic rings. The Hall–Kier alpha value is -4.65. The first-order valence-electron chi connectivity index (χ1n) is 14.6. The molecular formula is C32H39FN8O3. The number of amides is 1. The highest BCUT2D eigenvalue weighted by atomic mass is 19.1. The minimum absolute atomic E-state index is 0.0945. The van der Waals surface area contributed by atoms with Gasteiger partial charge in [-0.2, -0.15) is 15.0 Å². The second-order valence-electron chi connectivity index (χ2n) is 9.78. The van der Waals surface area contributed by atoms with Gasteiger partial charge in [0.25, 0.3) is 0 Å². The molecule has 0 atom stereocenters. The van der Waals surface area contributed by atoms with E-state index in [1.165, 1.54) is 11.6 Å². The van der Waals surface area contributed by atoms with Gasteiger partial charge in [-0.1, -0.05) is 60.7 Å². The Bertz CT molecular complexity index is 1430. The van der Waals surface area contributed by atoms with Crippen LogP contribution in [0.25, 0.3) is 0 Å². The van der Waals surface area contributed by atoms with Gasteiger partial charge >= 0.3 is 0 Å². The van der Waals surface area contributed by atoms with Crippen molar-refractivity contribution >= 4 is 29.4 Å². The van der Waals surface area contributed by atoms with Crippen LogP contribution in [0, 0.1) is 5.82 Å². The highest BCUT2D eigenvalue weighted by molar-refractivity contribution is 5.78. The Labute approximate surface area is 256 Å². The number of carbonyl (C=O) groups is 1. The summed E-state index contributed by atoms with van der Waals surface area (Å²) in [6.45, 7) is 3.59. The first-order chi connectivity index (χ1) is 21.6. The molecule has 1 aromatic heterocycles. The van der Waals surface area contributed by atoms with Crippen molar-refractivity contribution in [3.63, 3.8) is 0 Å². The molecule has 11 nitrogen and oxygen atoms in total. The third-order valence-electron chi connectivity index (χ3n) is 6.35. The average Bonchev–Trinajstić information content (AvgIpc) is 3.03. The Kier molecular flexibility index (Phi) is 13.3. The van der Waals surface area contributed by atoms with Crippen LogP contribution in [0.1, 0.15) is 16.7 Å². The van der Waals surface area contributed by atoms with Crippen molar-refractivity contribution in [2.24, 2.45) is 5.73 Å². The predicted molar refractivity (Wildman–Crippen MR) is 169 cm³/mol. The van der Waals surface area contributed by atoms with Crippen LogP contribution in [-0.2, 0) is 33.7 Å². The van der Waals surface area contributed by atoms with E-state index in [4.69, 9.17) is 15.2 Å². The third-order valence-corrected chi connectivity index (χ3v) is 6.35. The zero-order valence-electron chi connectivity index (χ0n) is 24.6. The summed E-state index contributed by atoms with van der Waals surface area (Å²) in [7, 11) is 0. The van der Waals surface area contributed by atoms with E-state index in [0.717, 1.165) is 17.7 Å². The number of halogens is 1. The number of aromatic nitrogens is 3. The molecule has 0 bridgehead atoms. The molecule has 0 unspecified atom stereocenters. The van der Waals surface area contributed by atoms with Crippen molar-refractivity contribution in [1.82, 2.24) is 20.3 Å². The Balaban J connectivity index is 1.31. The van der Waals surface area contributed by atoms with Crippen LogP contribution in [0.15, 0.2) is 78.9 Å². The molecule has 0 aliphatic heterocycles. The van der Waals surface area contributed by atoms with Crippen molar-refractivity contribution in [3.8, 4) is 0 Å². The van der Waals surface area contributed by atoms with Gasteiger partial charge in [0.1, 0.15) is 5.82 Å². The van der Waals surface area contributed by atoms with E-state index >= 15 is 0 Å². The number of nitrogens with one attached hydrogen (secondary N) is 4. The van der Waals surface area contributed by atoms with Crippen LogP contribution in [0.3, 0.4) is 0 Å². The molecule has 0 saturated carbocycles. The second kappa shape index (κ2) is 18.1. The lowest BCUT2D eigenvalue weighted by atomic mass is 10.1. The number of benzene rings is 3. The van der Waals surface area contributed by atoms with E-state index in [-0.39, 0.29) is 24.7 Å². The lowest BCUT2D eigenvalue weighted by molar-refractivity contribution is -0.120. The standard InChI is InChI=1S/C32H39FN8O3/c33-28-9-5-4-8-26(28)23-37-31-39-30(36-16-14-24-6-2-1-3-7-24)40-32(41-31)38-27-12-10-25(11-13-27)22-29(42)35-17-19-44-21-20-43-18-15-34/h1-13H,14-23,34H2,(H,35,42)(H3,36,37,38,39,40,41). The molecule has 4 aromatic rings. The fourth-order valence-electron chi connectivity index (χ4n) is 4.12. The lowest BCUT2D eigenvalue weighted by Crippen LogP contribution is -2.29. The van der Waals surface area contributed by atoms with Crippen LogP contribution in [-0.4, -0.2) is 66.9 Å². The van der Waals surface area contributed by atoms with Gasteiger partial charge in [0.2, 0.25) is 23.8 Å². The smallest absolute Gasteiger partial charge is 0.233 e. The fraction of sp³-hybridized carbons (Fsp3) is 0.312. The molecule has 0 aliphatic carbocycles. The Morgan fingerprint density at radius 1 is 0.727 bits per heavy atom. The maximum absolute atomic E-state index is 14.2. The van der Waals surface area contributed by atoms with Crippen molar-refractivity contribution in [1.29, 1.82) is 0 Å². The van der Waals surface area contributed by atoms with Gasteiger partial charge in [0, 0.05) is 37.4 Å².